The Kier molecular flexibility index (Phi) is 7.29. The minimum Gasteiger partial charge on any atom is -0.494 e. The van der Waals surface area contributed by atoms with E-state index >= 15 is 0 Å². The van der Waals surface area contributed by atoms with Crippen LogP contribution in [0.25, 0.3) is 0 Å². The Labute approximate surface area is 126 Å². The number of nitrogens with one attached hydrogen (secondary N) is 2. The standard InChI is InChI=1S/C16H24N2O3/c1-4-21-14-7-5-13(6-8-14)16(20)18-11-15(19)17-10-9-12(2)3/h5-8,12H,4,9-11H2,1-3H3,(H,17,19)(H,18,20). The van der Waals surface area contributed by atoms with Crippen LogP contribution < -0.4 is 15.4 Å². The number of carbonyl (C=O) groups is 2. The second kappa shape index (κ2) is 9.00. The third kappa shape index (κ3) is 6.79. The molecular weight excluding hydrogens is 268 g/mol. The molecule has 0 heterocycles. The average molecular weight is 292 g/mol. The molecule has 0 aliphatic rings. The van der Waals surface area contributed by atoms with Crippen LogP contribution in [-0.2, 0) is 4.79 Å². The fourth-order valence-electron chi connectivity index (χ4n) is 1.69. The van der Waals surface area contributed by atoms with Gasteiger partial charge in [-0.15, -0.1) is 0 Å². The summed E-state index contributed by atoms with van der Waals surface area (Å²) >= 11 is 0. The number of ether oxygens (including phenoxy) is 1. The van der Waals surface area contributed by atoms with Gasteiger partial charge in [0.1, 0.15) is 5.75 Å². The van der Waals surface area contributed by atoms with E-state index in [1.54, 1.807) is 24.3 Å². The fourth-order valence-corrected chi connectivity index (χ4v) is 1.69. The molecule has 1 aromatic rings. The van der Waals surface area contributed by atoms with Gasteiger partial charge in [0.15, 0.2) is 0 Å². The van der Waals surface area contributed by atoms with Gasteiger partial charge in [-0.1, -0.05) is 13.8 Å². The summed E-state index contributed by atoms with van der Waals surface area (Å²) in [6.07, 6.45) is 0.929. The van der Waals surface area contributed by atoms with Crippen LogP contribution in [0.15, 0.2) is 24.3 Å². The van der Waals surface area contributed by atoms with Crippen molar-refractivity contribution in [3.05, 3.63) is 29.8 Å². The number of benzene rings is 1. The summed E-state index contributed by atoms with van der Waals surface area (Å²) in [4.78, 5) is 23.4. The Morgan fingerprint density at radius 1 is 1.14 bits per heavy atom. The lowest BCUT2D eigenvalue weighted by Gasteiger charge is -2.09. The van der Waals surface area contributed by atoms with Crippen molar-refractivity contribution in [1.29, 1.82) is 0 Å². The molecule has 1 rings (SSSR count). The van der Waals surface area contributed by atoms with Crippen molar-refractivity contribution in [3.8, 4) is 5.75 Å². The van der Waals surface area contributed by atoms with Crippen molar-refractivity contribution in [3.63, 3.8) is 0 Å². The van der Waals surface area contributed by atoms with Crippen LogP contribution in [0.3, 0.4) is 0 Å². The van der Waals surface area contributed by atoms with Crippen LogP contribution in [-0.4, -0.2) is 31.5 Å². The summed E-state index contributed by atoms with van der Waals surface area (Å²) in [6.45, 7) is 7.31. The molecule has 0 atom stereocenters. The first-order valence-corrected chi connectivity index (χ1v) is 7.30. The van der Waals surface area contributed by atoms with Crippen molar-refractivity contribution in [1.82, 2.24) is 10.6 Å². The van der Waals surface area contributed by atoms with E-state index in [9.17, 15) is 9.59 Å². The monoisotopic (exact) mass is 292 g/mol. The van der Waals surface area contributed by atoms with Gasteiger partial charge < -0.3 is 15.4 Å². The Morgan fingerprint density at radius 2 is 1.81 bits per heavy atom. The van der Waals surface area contributed by atoms with E-state index in [-0.39, 0.29) is 18.4 Å². The molecule has 0 radical (unpaired) electrons. The van der Waals surface area contributed by atoms with E-state index < -0.39 is 0 Å². The Hall–Kier alpha value is -2.04. The highest BCUT2D eigenvalue weighted by molar-refractivity contribution is 5.96. The van der Waals surface area contributed by atoms with Crippen LogP contribution >= 0.6 is 0 Å². The van der Waals surface area contributed by atoms with E-state index in [1.807, 2.05) is 6.92 Å². The molecule has 0 aliphatic carbocycles. The van der Waals surface area contributed by atoms with Crippen molar-refractivity contribution in [2.45, 2.75) is 27.2 Å². The van der Waals surface area contributed by atoms with Gasteiger partial charge in [-0.25, -0.2) is 0 Å². The van der Waals surface area contributed by atoms with E-state index in [4.69, 9.17) is 4.74 Å². The maximum atomic E-state index is 11.9. The number of rotatable bonds is 8. The molecule has 0 saturated carbocycles. The largest absolute Gasteiger partial charge is 0.494 e. The van der Waals surface area contributed by atoms with E-state index in [0.717, 1.165) is 12.2 Å². The highest BCUT2D eigenvalue weighted by Crippen LogP contribution is 2.11. The molecular formula is C16H24N2O3. The van der Waals surface area contributed by atoms with Gasteiger partial charge in [-0.05, 0) is 43.5 Å². The highest BCUT2D eigenvalue weighted by atomic mass is 16.5. The average Bonchev–Trinajstić information content (AvgIpc) is 2.45. The predicted octanol–water partition coefficient (Wildman–Crippen LogP) is 1.98. The lowest BCUT2D eigenvalue weighted by molar-refractivity contribution is -0.120. The van der Waals surface area contributed by atoms with Crippen molar-refractivity contribution in [2.24, 2.45) is 5.92 Å². The van der Waals surface area contributed by atoms with Gasteiger partial charge >= 0.3 is 0 Å². The summed E-state index contributed by atoms with van der Waals surface area (Å²) < 4.78 is 5.31. The summed E-state index contributed by atoms with van der Waals surface area (Å²) in [6, 6.07) is 6.83. The Bertz CT molecular complexity index is 455. The van der Waals surface area contributed by atoms with Gasteiger partial charge in [-0.3, -0.25) is 9.59 Å². The summed E-state index contributed by atoms with van der Waals surface area (Å²) in [5.74, 6) is 0.830. The zero-order chi connectivity index (χ0) is 15.7. The molecule has 116 valence electrons. The lowest BCUT2D eigenvalue weighted by Crippen LogP contribution is -2.37. The number of carbonyl (C=O) groups excluding carboxylic acids is 2. The van der Waals surface area contributed by atoms with Gasteiger partial charge in [0.2, 0.25) is 5.91 Å². The first-order chi connectivity index (χ1) is 10.0. The Morgan fingerprint density at radius 3 is 2.38 bits per heavy atom. The molecule has 5 heteroatoms. The SMILES string of the molecule is CCOc1ccc(C(=O)NCC(=O)NCCC(C)C)cc1. The molecule has 0 unspecified atom stereocenters. The summed E-state index contributed by atoms with van der Waals surface area (Å²) in [5.41, 5.74) is 0.508. The molecule has 0 saturated heterocycles. The second-order valence-electron chi connectivity index (χ2n) is 5.17. The highest BCUT2D eigenvalue weighted by Gasteiger charge is 2.08. The van der Waals surface area contributed by atoms with Crippen molar-refractivity contribution >= 4 is 11.8 Å². The maximum Gasteiger partial charge on any atom is 0.251 e. The smallest absolute Gasteiger partial charge is 0.251 e. The normalized spacial score (nSPS) is 10.3. The van der Waals surface area contributed by atoms with Crippen molar-refractivity contribution < 1.29 is 14.3 Å². The van der Waals surface area contributed by atoms with Crippen LogP contribution in [0.5, 0.6) is 5.75 Å². The number of hydrogen-bond donors (Lipinski definition) is 2. The molecule has 0 aromatic heterocycles. The molecule has 1 aromatic carbocycles. The molecule has 2 amide bonds. The summed E-state index contributed by atoms with van der Waals surface area (Å²) in [5, 5.41) is 5.37. The van der Waals surface area contributed by atoms with E-state index in [2.05, 4.69) is 24.5 Å². The van der Waals surface area contributed by atoms with Crippen LogP contribution in [0.1, 0.15) is 37.6 Å². The third-order valence-electron chi connectivity index (χ3n) is 2.88. The van der Waals surface area contributed by atoms with Crippen LogP contribution in [0.4, 0.5) is 0 Å². The first kappa shape index (κ1) is 17.0. The predicted molar refractivity (Wildman–Crippen MR) is 82.4 cm³/mol. The fraction of sp³-hybridized carbons (Fsp3) is 0.500. The molecule has 2 N–H and O–H groups in total. The van der Waals surface area contributed by atoms with E-state index in [0.29, 0.717) is 24.6 Å². The third-order valence-corrected chi connectivity index (χ3v) is 2.88. The molecule has 0 bridgehead atoms. The zero-order valence-electron chi connectivity index (χ0n) is 12.9. The Balaban J connectivity index is 2.34. The van der Waals surface area contributed by atoms with Gasteiger partial charge in [-0.2, -0.15) is 0 Å². The number of hydrogen-bond acceptors (Lipinski definition) is 3. The summed E-state index contributed by atoms with van der Waals surface area (Å²) in [7, 11) is 0. The topological polar surface area (TPSA) is 67.4 Å². The molecule has 0 fully saturated rings. The van der Waals surface area contributed by atoms with Gasteiger partial charge in [0.25, 0.3) is 5.91 Å². The molecule has 21 heavy (non-hydrogen) atoms. The second-order valence-corrected chi connectivity index (χ2v) is 5.17. The molecule has 0 spiro atoms. The first-order valence-electron chi connectivity index (χ1n) is 7.30. The zero-order valence-corrected chi connectivity index (χ0v) is 12.9. The lowest BCUT2D eigenvalue weighted by atomic mass is 10.1. The van der Waals surface area contributed by atoms with E-state index in [1.165, 1.54) is 0 Å². The quantitative estimate of drug-likeness (QED) is 0.770. The molecule has 5 nitrogen and oxygen atoms in total. The molecule has 0 aliphatic heterocycles. The van der Waals surface area contributed by atoms with Gasteiger partial charge in [0.05, 0.1) is 13.2 Å². The van der Waals surface area contributed by atoms with Crippen LogP contribution in [0.2, 0.25) is 0 Å². The maximum absolute atomic E-state index is 11.9. The van der Waals surface area contributed by atoms with Crippen LogP contribution in [0, 0.1) is 5.92 Å². The minimum atomic E-state index is -0.267. The number of amides is 2. The minimum absolute atomic E-state index is 0.00978. The van der Waals surface area contributed by atoms with Gasteiger partial charge in [0, 0.05) is 12.1 Å². The van der Waals surface area contributed by atoms with Crippen molar-refractivity contribution in [2.75, 3.05) is 19.7 Å².